The lowest BCUT2D eigenvalue weighted by Gasteiger charge is -2.11. The Kier molecular flexibility index (Phi) is 6.47. The predicted molar refractivity (Wildman–Crippen MR) is 106 cm³/mol. The van der Waals surface area contributed by atoms with E-state index in [2.05, 4.69) is 15.3 Å². The Morgan fingerprint density at radius 2 is 2.17 bits per heavy atom. The number of hydrogen-bond acceptors (Lipinski definition) is 7. The molecule has 9 nitrogen and oxygen atoms in total. The Balaban J connectivity index is 1.82. The summed E-state index contributed by atoms with van der Waals surface area (Å²) in [6.07, 6.45) is -1.50. The maximum atomic E-state index is 13.0. The van der Waals surface area contributed by atoms with E-state index < -0.39 is 17.2 Å². The van der Waals surface area contributed by atoms with Crippen molar-refractivity contribution in [2.24, 2.45) is 5.10 Å². The molecule has 156 valence electrons. The third-order valence-electron chi connectivity index (χ3n) is 3.92. The molecule has 2 aromatic carbocycles. The first-order chi connectivity index (χ1) is 14.4. The van der Waals surface area contributed by atoms with E-state index in [4.69, 9.17) is 21.7 Å². The molecule has 30 heavy (non-hydrogen) atoms. The zero-order chi connectivity index (χ0) is 21.7. The molecule has 0 atom stereocenters. The van der Waals surface area contributed by atoms with E-state index in [9.17, 15) is 18.9 Å². The molecule has 0 saturated carbocycles. The van der Waals surface area contributed by atoms with Crippen LogP contribution in [0.3, 0.4) is 0 Å². The first-order valence-corrected chi connectivity index (χ1v) is 8.84. The third kappa shape index (κ3) is 4.84. The molecule has 1 N–H and O–H groups in total. The van der Waals surface area contributed by atoms with Gasteiger partial charge in [-0.15, -0.1) is 0 Å². The van der Waals surface area contributed by atoms with Crippen molar-refractivity contribution in [1.29, 1.82) is 0 Å². The molecule has 0 aliphatic rings. The lowest BCUT2D eigenvalue weighted by atomic mass is 10.1. The normalized spacial score (nSPS) is 11.2. The quantitative estimate of drug-likeness (QED) is 0.245. The smallest absolute Gasteiger partial charge is 0.299 e. The number of methoxy groups -OCH3 is 1. The van der Waals surface area contributed by atoms with Gasteiger partial charge < -0.3 is 9.47 Å². The van der Waals surface area contributed by atoms with Crippen molar-refractivity contribution < 1.29 is 23.2 Å². The molecule has 1 heterocycles. The van der Waals surface area contributed by atoms with E-state index in [0.29, 0.717) is 22.6 Å². The molecule has 3 rings (SSSR count). The molecular weight excluding hydrogens is 420 g/mol. The van der Waals surface area contributed by atoms with Crippen LogP contribution in [0, 0.1) is 14.9 Å². The number of nitro groups is 1. The summed E-state index contributed by atoms with van der Waals surface area (Å²) in [4.78, 5) is 10.4. The van der Waals surface area contributed by atoms with Crippen molar-refractivity contribution in [3.63, 3.8) is 0 Å². The minimum atomic E-state index is -2.84. The summed E-state index contributed by atoms with van der Waals surface area (Å²) < 4.78 is 37.7. The summed E-state index contributed by atoms with van der Waals surface area (Å²) >= 11 is 4.91. The Morgan fingerprint density at radius 1 is 1.37 bits per heavy atom. The van der Waals surface area contributed by atoms with E-state index in [1.807, 2.05) is 0 Å². The number of ether oxygens (including phenoxy) is 2. The summed E-state index contributed by atoms with van der Waals surface area (Å²) in [7, 11) is 1.49. The summed E-state index contributed by atoms with van der Waals surface area (Å²) in [6, 6.07) is 10.8. The highest BCUT2D eigenvalue weighted by Crippen LogP contribution is 2.24. The van der Waals surface area contributed by atoms with Gasteiger partial charge in [-0.05, 0) is 42.0 Å². The summed E-state index contributed by atoms with van der Waals surface area (Å²) in [5.74, 6) is 0.237. The third-order valence-corrected chi connectivity index (χ3v) is 4.18. The number of benzene rings is 2. The van der Waals surface area contributed by atoms with Gasteiger partial charge in [-0.1, -0.05) is 6.07 Å². The molecule has 0 amide bonds. The number of rotatable bonds is 8. The molecule has 12 heteroatoms. The average Bonchev–Trinajstić information content (AvgIpc) is 3.11. The fraction of sp³-hybridized carbons (Fsp3) is 0.167. The van der Waals surface area contributed by atoms with Crippen LogP contribution in [0.15, 0.2) is 47.6 Å². The van der Waals surface area contributed by atoms with Crippen molar-refractivity contribution in [2.75, 3.05) is 7.11 Å². The monoisotopic (exact) mass is 435 g/mol. The summed E-state index contributed by atoms with van der Waals surface area (Å²) in [5.41, 5.74) is 1.10. The second-order valence-corrected chi connectivity index (χ2v) is 6.25. The minimum Gasteiger partial charge on any atom is -0.496 e. The number of nitro benzene ring substituents is 1. The zero-order valence-electron chi connectivity index (χ0n) is 15.5. The summed E-state index contributed by atoms with van der Waals surface area (Å²) in [6.45, 7) is 0.0550. The molecule has 0 aliphatic carbocycles. The molecule has 1 aromatic heterocycles. The maximum absolute atomic E-state index is 13.0. The molecule has 0 aliphatic heterocycles. The first kappa shape index (κ1) is 21.0. The lowest BCUT2D eigenvalue weighted by molar-refractivity contribution is -0.384. The first-order valence-electron chi connectivity index (χ1n) is 8.43. The van der Waals surface area contributed by atoms with Crippen LogP contribution < -0.4 is 9.47 Å². The van der Waals surface area contributed by atoms with Gasteiger partial charge in [0.2, 0.25) is 10.6 Å². The average molecular weight is 435 g/mol. The fourth-order valence-corrected chi connectivity index (χ4v) is 2.71. The van der Waals surface area contributed by atoms with Crippen LogP contribution in [0.1, 0.15) is 23.4 Å². The van der Waals surface area contributed by atoms with Crippen LogP contribution >= 0.6 is 12.2 Å². The highest BCUT2D eigenvalue weighted by Gasteiger charge is 2.16. The lowest BCUT2D eigenvalue weighted by Crippen LogP contribution is -2.02. The molecule has 0 unspecified atom stereocenters. The molecule has 0 saturated heterocycles. The van der Waals surface area contributed by atoms with Gasteiger partial charge in [0.1, 0.15) is 18.1 Å². The van der Waals surface area contributed by atoms with E-state index in [1.165, 1.54) is 31.5 Å². The van der Waals surface area contributed by atoms with Crippen molar-refractivity contribution >= 4 is 24.1 Å². The van der Waals surface area contributed by atoms with Crippen LogP contribution in [0.25, 0.3) is 0 Å². The SMILES string of the molecule is COc1ccc(C=Nn2c(C(F)F)n[nH]c2=S)cc1COc1cccc([N+](=O)[O-])c1. The second-order valence-electron chi connectivity index (χ2n) is 5.86. The number of hydrogen-bond donors (Lipinski definition) is 1. The van der Waals surface area contributed by atoms with E-state index in [0.717, 1.165) is 4.68 Å². The number of alkyl halides is 2. The van der Waals surface area contributed by atoms with Crippen molar-refractivity contribution in [2.45, 2.75) is 13.0 Å². The van der Waals surface area contributed by atoms with Crippen molar-refractivity contribution in [3.05, 3.63) is 74.3 Å². The molecule has 0 radical (unpaired) electrons. The fourth-order valence-electron chi connectivity index (χ4n) is 2.52. The second kappa shape index (κ2) is 9.22. The van der Waals surface area contributed by atoms with E-state index >= 15 is 0 Å². The molecular formula is C18H15F2N5O4S. The van der Waals surface area contributed by atoms with Crippen LogP contribution in [-0.2, 0) is 6.61 Å². The maximum Gasteiger partial charge on any atom is 0.299 e. The number of H-pyrrole nitrogens is 1. The van der Waals surface area contributed by atoms with Gasteiger partial charge in [-0.25, -0.2) is 13.9 Å². The Hall–Kier alpha value is -3.67. The molecule has 0 fully saturated rings. The van der Waals surface area contributed by atoms with Gasteiger partial charge in [0, 0.05) is 11.6 Å². The topological polar surface area (TPSA) is 108 Å². The number of halogens is 2. The summed E-state index contributed by atoms with van der Waals surface area (Å²) in [5, 5.41) is 20.6. The van der Waals surface area contributed by atoms with Crippen LogP contribution in [0.4, 0.5) is 14.5 Å². The van der Waals surface area contributed by atoms with Crippen LogP contribution in [0.5, 0.6) is 11.5 Å². The number of aromatic amines is 1. The van der Waals surface area contributed by atoms with Crippen LogP contribution in [0.2, 0.25) is 0 Å². The van der Waals surface area contributed by atoms with E-state index in [-0.39, 0.29) is 17.1 Å². The zero-order valence-corrected chi connectivity index (χ0v) is 16.3. The highest BCUT2D eigenvalue weighted by molar-refractivity contribution is 7.71. The Labute approximate surface area is 173 Å². The van der Waals surface area contributed by atoms with Crippen molar-refractivity contribution in [3.8, 4) is 11.5 Å². The molecule has 0 spiro atoms. The Bertz CT molecular complexity index is 1150. The number of nitrogens with zero attached hydrogens (tertiary/aromatic N) is 4. The van der Waals surface area contributed by atoms with Gasteiger partial charge in [0.15, 0.2) is 0 Å². The van der Waals surface area contributed by atoms with Gasteiger partial charge in [-0.2, -0.15) is 14.9 Å². The molecule has 0 bridgehead atoms. The minimum absolute atomic E-state index is 0.0550. The standard InChI is InChI=1S/C18H15F2N5O4S/c1-28-15-6-5-11(9-21-24-17(16(19)20)22-23-18(24)30)7-12(15)10-29-14-4-2-3-13(8-14)25(26)27/h2-9,16H,10H2,1H3,(H,23,30). The van der Waals surface area contributed by atoms with Gasteiger partial charge in [0.05, 0.1) is 24.3 Å². The van der Waals surface area contributed by atoms with E-state index in [1.54, 1.807) is 24.3 Å². The number of nitrogens with one attached hydrogen (secondary N) is 1. The number of non-ortho nitro benzene ring substituents is 1. The molecule has 3 aromatic rings. The van der Waals surface area contributed by atoms with Gasteiger partial charge in [-0.3, -0.25) is 10.1 Å². The number of aromatic nitrogens is 3. The van der Waals surface area contributed by atoms with Crippen LogP contribution in [-0.4, -0.2) is 33.1 Å². The van der Waals surface area contributed by atoms with Gasteiger partial charge >= 0.3 is 0 Å². The highest BCUT2D eigenvalue weighted by atomic mass is 32.1. The van der Waals surface area contributed by atoms with Crippen molar-refractivity contribution in [1.82, 2.24) is 14.9 Å². The Morgan fingerprint density at radius 3 is 2.87 bits per heavy atom. The largest absolute Gasteiger partial charge is 0.496 e. The van der Waals surface area contributed by atoms with Gasteiger partial charge in [0.25, 0.3) is 12.1 Å². The predicted octanol–water partition coefficient (Wildman–Crippen LogP) is 4.26.